The summed E-state index contributed by atoms with van der Waals surface area (Å²) in [5.74, 6) is 1.50. The predicted octanol–water partition coefficient (Wildman–Crippen LogP) is 3.47. The van der Waals surface area contributed by atoms with Crippen LogP contribution in [0.5, 0.6) is 11.5 Å². The van der Waals surface area contributed by atoms with Crippen LogP contribution in [-0.4, -0.2) is 0 Å². The highest BCUT2D eigenvalue weighted by molar-refractivity contribution is 5.77. The largest absolute Gasteiger partial charge is 0.453 e. The van der Waals surface area contributed by atoms with E-state index < -0.39 is 0 Å². The molecule has 3 rings (SSSR count). The van der Waals surface area contributed by atoms with E-state index in [1.807, 2.05) is 42.5 Å². The third kappa shape index (κ3) is 1.33. The van der Waals surface area contributed by atoms with Crippen molar-refractivity contribution in [3.63, 3.8) is 0 Å². The summed E-state index contributed by atoms with van der Waals surface area (Å²) in [5.41, 5.74) is 2.42. The Labute approximate surface area is 93.3 Å². The van der Waals surface area contributed by atoms with Crippen LogP contribution < -0.4 is 10.1 Å². The van der Waals surface area contributed by atoms with E-state index in [1.54, 1.807) is 0 Å². The van der Waals surface area contributed by atoms with Gasteiger partial charge < -0.3 is 10.1 Å². The maximum atomic E-state index is 11.0. The van der Waals surface area contributed by atoms with Crippen LogP contribution in [0.3, 0.4) is 0 Å². The first-order chi connectivity index (χ1) is 7.88. The van der Waals surface area contributed by atoms with Crippen LogP contribution >= 0.6 is 0 Å². The first-order valence-corrected chi connectivity index (χ1v) is 5.12. The van der Waals surface area contributed by atoms with Crippen molar-refractivity contribution in [2.24, 2.45) is 0 Å². The van der Waals surface area contributed by atoms with Gasteiger partial charge in [-0.05, 0) is 18.2 Å². The van der Waals surface area contributed by atoms with Gasteiger partial charge in [0, 0.05) is 5.56 Å². The van der Waals surface area contributed by atoms with Gasteiger partial charge in [0.2, 0.25) is 0 Å². The van der Waals surface area contributed by atoms with E-state index in [4.69, 9.17) is 4.74 Å². The predicted molar refractivity (Wildman–Crippen MR) is 60.6 cm³/mol. The van der Waals surface area contributed by atoms with E-state index in [2.05, 4.69) is 5.32 Å². The third-order valence-corrected chi connectivity index (χ3v) is 2.63. The molecule has 0 amide bonds. The Morgan fingerprint density at radius 2 is 1.81 bits per heavy atom. The van der Waals surface area contributed by atoms with E-state index in [0.717, 1.165) is 22.7 Å². The fourth-order valence-electron chi connectivity index (χ4n) is 1.84. The van der Waals surface area contributed by atoms with Gasteiger partial charge in [0.1, 0.15) is 6.61 Å². The fourth-order valence-corrected chi connectivity index (χ4v) is 1.84. The van der Waals surface area contributed by atoms with Gasteiger partial charge in [0.15, 0.2) is 11.5 Å². The van der Waals surface area contributed by atoms with E-state index in [0.29, 0.717) is 5.75 Å². The van der Waals surface area contributed by atoms with Gasteiger partial charge in [-0.25, -0.2) is 5.11 Å². The van der Waals surface area contributed by atoms with Crippen molar-refractivity contribution in [2.75, 3.05) is 5.32 Å². The quantitative estimate of drug-likeness (QED) is 0.671. The smallest absolute Gasteiger partial charge is 0.151 e. The molecule has 3 heteroatoms. The molecule has 0 spiro atoms. The topological polar surface area (TPSA) is 41.2 Å². The van der Waals surface area contributed by atoms with Gasteiger partial charge in [0.05, 0.1) is 11.4 Å². The maximum Gasteiger partial charge on any atom is 0.151 e. The fraction of sp³-hybridized carbons (Fsp3) is 0.0769. The van der Waals surface area contributed by atoms with Crippen molar-refractivity contribution < 1.29 is 9.84 Å². The molecule has 2 aromatic rings. The van der Waals surface area contributed by atoms with Gasteiger partial charge in [-0.3, -0.25) is 0 Å². The van der Waals surface area contributed by atoms with E-state index in [-0.39, 0.29) is 6.61 Å². The monoisotopic (exact) mass is 212 g/mol. The highest BCUT2D eigenvalue weighted by Crippen LogP contribution is 2.43. The van der Waals surface area contributed by atoms with Crippen molar-refractivity contribution in [1.82, 2.24) is 0 Å². The van der Waals surface area contributed by atoms with Crippen LogP contribution in [0.2, 0.25) is 0 Å². The number of hydrogen-bond donors (Lipinski definition) is 1. The molecule has 2 aromatic carbocycles. The SMILES string of the molecule is [O]Cc1cccc2c1Nc1ccccc1O2. The number of rotatable bonds is 1. The van der Waals surface area contributed by atoms with Crippen LogP contribution in [0, 0.1) is 0 Å². The minimum atomic E-state index is -0.248. The van der Waals surface area contributed by atoms with Gasteiger partial charge in [-0.15, -0.1) is 0 Å². The molecule has 0 aliphatic carbocycles. The molecule has 1 N–H and O–H groups in total. The van der Waals surface area contributed by atoms with Crippen molar-refractivity contribution in [2.45, 2.75) is 6.61 Å². The van der Waals surface area contributed by atoms with Gasteiger partial charge in [0.25, 0.3) is 0 Å². The summed E-state index contributed by atoms with van der Waals surface area (Å²) >= 11 is 0. The maximum absolute atomic E-state index is 11.0. The van der Waals surface area contributed by atoms with Crippen LogP contribution in [-0.2, 0) is 11.7 Å². The standard InChI is InChI=1S/C13H10NO2/c15-8-9-4-3-7-12-13(9)14-10-5-1-2-6-11(10)16-12/h1-7,14H,8H2. The lowest BCUT2D eigenvalue weighted by Crippen LogP contribution is -2.05. The molecule has 16 heavy (non-hydrogen) atoms. The van der Waals surface area contributed by atoms with Crippen molar-refractivity contribution >= 4 is 11.4 Å². The van der Waals surface area contributed by atoms with Crippen LogP contribution in [0.15, 0.2) is 42.5 Å². The molecule has 0 fully saturated rings. The molecule has 79 valence electrons. The molecule has 1 radical (unpaired) electrons. The Balaban J connectivity index is 2.12. The summed E-state index contributed by atoms with van der Waals surface area (Å²) in [6.45, 7) is -0.248. The molecule has 1 heterocycles. The summed E-state index contributed by atoms with van der Waals surface area (Å²) < 4.78 is 5.72. The number of benzene rings is 2. The molecule has 0 saturated heterocycles. The molecule has 0 saturated carbocycles. The number of nitrogens with one attached hydrogen (secondary N) is 1. The second-order valence-corrected chi connectivity index (χ2v) is 3.66. The molecule has 1 aliphatic heterocycles. The number of para-hydroxylation sites is 3. The van der Waals surface area contributed by atoms with Crippen LogP contribution in [0.4, 0.5) is 11.4 Å². The Morgan fingerprint density at radius 3 is 2.69 bits per heavy atom. The lowest BCUT2D eigenvalue weighted by atomic mass is 10.1. The molecule has 1 aliphatic rings. The molecular formula is C13H10NO2. The number of fused-ring (bicyclic) bond motifs is 2. The summed E-state index contributed by atoms with van der Waals surface area (Å²) in [4.78, 5) is 0. The van der Waals surface area contributed by atoms with E-state index >= 15 is 0 Å². The molecule has 0 aromatic heterocycles. The second-order valence-electron chi connectivity index (χ2n) is 3.66. The van der Waals surface area contributed by atoms with Gasteiger partial charge in [-0.2, -0.15) is 0 Å². The third-order valence-electron chi connectivity index (χ3n) is 2.63. The number of anilines is 2. The lowest BCUT2D eigenvalue weighted by Gasteiger charge is -2.23. The summed E-state index contributed by atoms with van der Waals surface area (Å²) in [5, 5.41) is 14.3. The minimum absolute atomic E-state index is 0.248. The van der Waals surface area contributed by atoms with E-state index in [9.17, 15) is 5.11 Å². The van der Waals surface area contributed by atoms with Crippen LogP contribution in [0.25, 0.3) is 0 Å². The van der Waals surface area contributed by atoms with Crippen molar-refractivity contribution in [1.29, 1.82) is 0 Å². The Bertz CT molecular complexity index is 537. The van der Waals surface area contributed by atoms with Crippen molar-refractivity contribution in [3.05, 3.63) is 48.0 Å². The lowest BCUT2D eigenvalue weighted by molar-refractivity contribution is 0.178. The van der Waals surface area contributed by atoms with E-state index in [1.165, 1.54) is 0 Å². The van der Waals surface area contributed by atoms with Gasteiger partial charge in [-0.1, -0.05) is 24.3 Å². The number of ether oxygens (including phenoxy) is 1. The molecule has 0 atom stereocenters. The molecule has 0 bridgehead atoms. The zero-order chi connectivity index (χ0) is 11.0. The molecule has 3 nitrogen and oxygen atoms in total. The second kappa shape index (κ2) is 3.54. The van der Waals surface area contributed by atoms with Crippen molar-refractivity contribution in [3.8, 4) is 11.5 Å². The average molecular weight is 212 g/mol. The first kappa shape index (κ1) is 9.24. The minimum Gasteiger partial charge on any atom is -0.453 e. The zero-order valence-corrected chi connectivity index (χ0v) is 8.57. The first-order valence-electron chi connectivity index (χ1n) is 5.12. The Morgan fingerprint density at radius 1 is 1.00 bits per heavy atom. The number of hydrogen-bond acceptors (Lipinski definition) is 2. The summed E-state index contributed by atoms with van der Waals surface area (Å²) in [6.07, 6.45) is 0. The normalized spacial score (nSPS) is 12.1. The molecule has 0 unspecified atom stereocenters. The van der Waals surface area contributed by atoms with Crippen LogP contribution in [0.1, 0.15) is 5.56 Å². The summed E-state index contributed by atoms with van der Waals surface area (Å²) in [6, 6.07) is 13.2. The molecular weight excluding hydrogens is 202 g/mol. The highest BCUT2D eigenvalue weighted by atomic mass is 16.5. The zero-order valence-electron chi connectivity index (χ0n) is 8.57. The summed E-state index contributed by atoms with van der Waals surface area (Å²) in [7, 11) is 0. The highest BCUT2D eigenvalue weighted by Gasteiger charge is 2.17. The average Bonchev–Trinajstić information content (AvgIpc) is 2.35. The van der Waals surface area contributed by atoms with Gasteiger partial charge >= 0.3 is 0 Å². The Hall–Kier alpha value is -2.00. The Kier molecular flexibility index (Phi) is 2.04.